The van der Waals surface area contributed by atoms with Gasteiger partial charge in [0, 0.05) is 18.5 Å². The summed E-state index contributed by atoms with van der Waals surface area (Å²) >= 11 is 3.43. The number of nitrogens with zero attached hydrogens (tertiary/aromatic N) is 1. The van der Waals surface area contributed by atoms with Gasteiger partial charge in [-0.15, -0.1) is 0 Å². The smallest absolute Gasteiger partial charge is 0.225 e. The van der Waals surface area contributed by atoms with Gasteiger partial charge in [-0.05, 0) is 34.8 Å². The molecular weight excluding hydrogens is 272 g/mol. The molecule has 1 saturated carbocycles. The number of furan rings is 1. The molecule has 1 aliphatic heterocycles. The molecule has 0 radical (unpaired) electrons. The summed E-state index contributed by atoms with van der Waals surface area (Å²) in [4.78, 5) is 13.8. The molecule has 2 fully saturated rings. The van der Waals surface area contributed by atoms with Gasteiger partial charge in [0.05, 0.1) is 10.7 Å². The van der Waals surface area contributed by atoms with E-state index in [1.54, 1.807) is 6.26 Å². The molecule has 2 unspecified atom stereocenters. The Morgan fingerprint density at radius 3 is 2.81 bits per heavy atom. The number of hydrogen-bond donors (Lipinski definition) is 1. The molecule has 86 valence electrons. The van der Waals surface area contributed by atoms with E-state index in [0.717, 1.165) is 23.1 Å². The molecule has 2 N–H and O–H groups in total. The average molecular weight is 285 g/mol. The van der Waals surface area contributed by atoms with Crippen LogP contribution in [0.4, 0.5) is 0 Å². The van der Waals surface area contributed by atoms with E-state index in [1.165, 1.54) is 0 Å². The third-order valence-corrected chi connectivity index (χ3v) is 3.91. The molecule has 5 heteroatoms. The summed E-state index contributed by atoms with van der Waals surface area (Å²) in [5.74, 6) is 0.938. The SMILES string of the molecule is NC1CC(=O)N(C2CC2)C1c1occc1Br. The van der Waals surface area contributed by atoms with Crippen molar-refractivity contribution in [2.45, 2.75) is 37.4 Å². The maximum atomic E-state index is 11.9. The lowest BCUT2D eigenvalue weighted by molar-refractivity contribution is -0.129. The van der Waals surface area contributed by atoms with Gasteiger partial charge in [0.1, 0.15) is 11.8 Å². The first-order valence-corrected chi connectivity index (χ1v) is 6.27. The molecule has 16 heavy (non-hydrogen) atoms. The highest BCUT2D eigenvalue weighted by atomic mass is 79.9. The summed E-state index contributed by atoms with van der Waals surface area (Å²) in [6.07, 6.45) is 4.23. The van der Waals surface area contributed by atoms with Crippen molar-refractivity contribution in [2.75, 3.05) is 0 Å². The van der Waals surface area contributed by atoms with Gasteiger partial charge in [-0.25, -0.2) is 0 Å². The molecule has 0 spiro atoms. The number of amides is 1. The highest BCUT2D eigenvalue weighted by Crippen LogP contribution is 2.43. The predicted molar refractivity (Wildman–Crippen MR) is 61.6 cm³/mol. The maximum Gasteiger partial charge on any atom is 0.225 e. The van der Waals surface area contributed by atoms with Crippen LogP contribution in [0.15, 0.2) is 21.2 Å². The molecule has 1 aliphatic carbocycles. The molecule has 1 saturated heterocycles. The Hall–Kier alpha value is -0.810. The van der Waals surface area contributed by atoms with Crippen LogP contribution in [0.2, 0.25) is 0 Å². The van der Waals surface area contributed by atoms with Crippen molar-refractivity contribution in [1.82, 2.24) is 4.90 Å². The van der Waals surface area contributed by atoms with Crippen molar-refractivity contribution in [2.24, 2.45) is 5.73 Å². The van der Waals surface area contributed by atoms with E-state index in [-0.39, 0.29) is 18.0 Å². The zero-order valence-corrected chi connectivity index (χ0v) is 10.3. The topological polar surface area (TPSA) is 59.5 Å². The Morgan fingerprint density at radius 1 is 1.50 bits per heavy atom. The van der Waals surface area contributed by atoms with E-state index >= 15 is 0 Å². The molecule has 2 atom stereocenters. The number of carbonyl (C=O) groups excluding carboxylic acids is 1. The Kier molecular flexibility index (Phi) is 2.33. The lowest BCUT2D eigenvalue weighted by atomic mass is 10.1. The van der Waals surface area contributed by atoms with Gasteiger partial charge in [0.25, 0.3) is 0 Å². The van der Waals surface area contributed by atoms with Gasteiger partial charge >= 0.3 is 0 Å². The van der Waals surface area contributed by atoms with Crippen LogP contribution < -0.4 is 5.73 Å². The maximum absolute atomic E-state index is 11.9. The van der Waals surface area contributed by atoms with Crippen LogP contribution >= 0.6 is 15.9 Å². The Bertz CT molecular complexity index is 427. The summed E-state index contributed by atoms with van der Waals surface area (Å²) in [5, 5.41) is 0. The highest BCUT2D eigenvalue weighted by molar-refractivity contribution is 9.10. The summed E-state index contributed by atoms with van der Waals surface area (Å²) in [6.45, 7) is 0. The molecule has 2 heterocycles. The minimum Gasteiger partial charge on any atom is -0.466 e. The van der Waals surface area contributed by atoms with Crippen LogP contribution in [0.5, 0.6) is 0 Å². The third-order valence-electron chi connectivity index (χ3n) is 3.26. The molecule has 3 rings (SSSR count). The molecule has 1 aromatic heterocycles. The first-order chi connectivity index (χ1) is 7.68. The van der Waals surface area contributed by atoms with Crippen molar-refractivity contribution >= 4 is 21.8 Å². The summed E-state index contributed by atoms with van der Waals surface area (Å²) in [5.41, 5.74) is 6.04. The van der Waals surface area contributed by atoms with Crippen LogP contribution in [0.25, 0.3) is 0 Å². The quantitative estimate of drug-likeness (QED) is 0.901. The molecule has 1 amide bonds. The van der Waals surface area contributed by atoms with Crippen molar-refractivity contribution in [3.8, 4) is 0 Å². The van der Waals surface area contributed by atoms with E-state index in [4.69, 9.17) is 10.2 Å². The standard InChI is InChI=1S/C11H13BrN2O2/c12-7-3-4-16-11(7)10-8(13)5-9(15)14(10)6-1-2-6/h3-4,6,8,10H,1-2,5,13H2. The molecule has 4 nitrogen and oxygen atoms in total. The first-order valence-electron chi connectivity index (χ1n) is 5.48. The monoisotopic (exact) mass is 284 g/mol. The van der Waals surface area contributed by atoms with Crippen LogP contribution in [0.1, 0.15) is 31.1 Å². The van der Waals surface area contributed by atoms with Crippen LogP contribution in [0, 0.1) is 0 Å². The van der Waals surface area contributed by atoms with Gasteiger partial charge < -0.3 is 15.1 Å². The summed E-state index contributed by atoms with van der Waals surface area (Å²) in [7, 11) is 0. The average Bonchev–Trinajstić information content (AvgIpc) is 2.91. The van der Waals surface area contributed by atoms with E-state index in [9.17, 15) is 4.79 Å². The molecule has 2 aliphatic rings. The van der Waals surface area contributed by atoms with E-state index in [0.29, 0.717) is 12.5 Å². The van der Waals surface area contributed by atoms with Crippen LogP contribution in [0.3, 0.4) is 0 Å². The number of halogens is 1. The van der Waals surface area contributed by atoms with Crippen LogP contribution in [-0.2, 0) is 4.79 Å². The third kappa shape index (κ3) is 1.50. The fourth-order valence-corrected chi connectivity index (χ4v) is 2.84. The van der Waals surface area contributed by atoms with Crippen molar-refractivity contribution in [3.05, 3.63) is 22.6 Å². The van der Waals surface area contributed by atoms with E-state index < -0.39 is 0 Å². The lowest BCUT2D eigenvalue weighted by Crippen LogP contribution is -2.34. The van der Waals surface area contributed by atoms with E-state index in [1.807, 2.05) is 11.0 Å². The number of rotatable bonds is 2. The van der Waals surface area contributed by atoms with Gasteiger partial charge in [0.15, 0.2) is 0 Å². The zero-order chi connectivity index (χ0) is 11.3. The number of carbonyl (C=O) groups is 1. The van der Waals surface area contributed by atoms with Crippen molar-refractivity contribution in [1.29, 1.82) is 0 Å². The summed E-state index contributed by atoms with van der Waals surface area (Å²) in [6, 6.07) is 1.97. The number of hydrogen-bond acceptors (Lipinski definition) is 3. The molecular formula is C11H13BrN2O2. The van der Waals surface area contributed by atoms with Gasteiger partial charge in [-0.1, -0.05) is 0 Å². The minimum atomic E-state index is -0.157. The predicted octanol–water partition coefficient (Wildman–Crippen LogP) is 1.81. The fraction of sp³-hybridized carbons (Fsp3) is 0.545. The Labute approximate surface area is 102 Å². The largest absolute Gasteiger partial charge is 0.466 e. The lowest BCUT2D eigenvalue weighted by Gasteiger charge is -2.25. The van der Waals surface area contributed by atoms with Gasteiger partial charge in [-0.3, -0.25) is 4.79 Å². The fourth-order valence-electron chi connectivity index (χ4n) is 2.40. The molecule has 0 aromatic carbocycles. The van der Waals surface area contributed by atoms with Crippen molar-refractivity contribution < 1.29 is 9.21 Å². The Balaban J connectivity index is 1.97. The second kappa shape index (κ2) is 3.60. The molecule has 1 aromatic rings. The first kappa shape index (κ1) is 10.4. The molecule has 0 bridgehead atoms. The normalized spacial score (nSPS) is 30.1. The Morgan fingerprint density at radius 2 is 2.25 bits per heavy atom. The van der Waals surface area contributed by atoms with Crippen molar-refractivity contribution in [3.63, 3.8) is 0 Å². The second-order valence-corrected chi connectivity index (χ2v) is 5.33. The van der Waals surface area contributed by atoms with Gasteiger partial charge in [0.2, 0.25) is 5.91 Å². The number of nitrogens with two attached hydrogens (primary N) is 1. The van der Waals surface area contributed by atoms with Gasteiger partial charge in [-0.2, -0.15) is 0 Å². The minimum absolute atomic E-state index is 0.0932. The highest BCUT2D eigenvalue weighted by Gasteiger charge is 2.47. The van der Waals surface area contributed by atoms with E-state index in [2.05, 4.69) is 15.9 Å². The number of likely N-dealkylation sites (tertiary alicyclic amines) is 1. The second-order valence-electron chi connectivity index (χ2n) is 4.48. The zero-order valence-electron chi connectivity index (χ0n) is 8.73. The summed E-state index contributed by atoms with van der Waals surface area (Å²) < 4.78 is 6.35. The van der Waals surface area contributed by atoms with Crippen LogP contribution in [-0.4, -0.2) is 22.9 Å².